The second-order valence-corrected chi connectivity index (χ2v) is 8.96. The molecule has 0 unspecified atom stereocenters. The number of anilines is 2. The first kappa shape index (κ1) is 17.9. The number of hydrogen-bond donors (Lipinski definition) is 1. The molecule has 0 spiro atoms. The maximum Gasteiger partial charge on any atom is 0.181 e. The van der Waals surface area contributed by atoms with E-state index in [1.54, 1.807) is 23.5 Å². The van der Waals surface area contributed by atoms with E-state index < -0.39 is 0 Å². The van der Waals surface area contributed by atoms with Crippen LogP contribution in [0.25, 0.3) is 10.2 Å². The van der Waals surface area contributed by atoms with E-state index in [-0.39, 0.29) is 5.82 Å². The molecule has 2 aliphatic rings. The Morgan fingerprint density at radius 2 is 1.89 bits per heavy atom. The summed E-state index contributed by atoms with van der Waals surface area (Å²) >= 11 is 1.58. The van der Waals surface area contributed by atoms with E-state index in [0.29, 0.717) is 11.2 Å². The van der Waals surface area contributed by atoms with Gasteiger partial charge in [0.05, 0.1) is 10.2 Å². The smallest absolute Gasteiger partial charge is 0.181 e. The second-order valence-electron chi connectivity index (χ2n) is 7.89. The number of thiazole rings is 1. The molecule has 2 aromatic carbocycles. The van der Waals surface area contributed by atoms with Crippen molar-refractivity contribution in [3.05, 3.63) is 53.3 Å². The fourth-order valence-corrected chi connectivity index (χ4v) is 5.40. The first-order valence-corrected chi connectivity index (χ1v) is 10.9. The zero-order chi connectivity index (χ0) is 19.1. The van der Waals surface area contributed by atoms with E-state index in [1.807, 2.05) is 12.1 Å². The van der Waals surface area contributed by atoms with Gasteiger partial charge in [0.2, 0.25) is 0 Å². The number of hydrogen-bond acceptors (Lipinski definition) is 5. The lowest BCUT2D eigenvalue weighted by molar-refractivity contribution is 0.212. The number of nitrogen functional groups attached to an aromatic ring is 1. The quantitative estimate of drug-likeness (QED) is 0.722. The number of benzene rings is 2. The first-order valence-electron chi connectivity index (χ1n) is 10.1. The fraction of sp³-hybridized carbons (Fsp3) is 0.409. The Morgan fingerprint density at radius 1 is 1.11 bits per heavy atom. The molecule has 2 N–H and O–H groups in total. The van der Waals surface area contributed by atoms with E-state index in [1.165, 1.54) is 34.4 Å². The van der Waals surface area contributed by atoms with Crippen LogP contribution in [0.1, 0.15) is 24.0 Å². The predicted octanol–water partition coefficient (Wildman–Crippen LogP) is 4.09. The number of halogens is 1. The Hall–Kier alpha value is -2.18. The highest BCUT2D eigenvalue weighted by Gasteiger charge is 2.29. The molecule has 0 radical (unpaired) electrons. The van der Waals surface area contributed by atoms with Crippen LogP contribution >= 0.6 is 11.3 Å². The molecule has 2 aliphatic heterocycles. The van der Waals surface area contributed by atoms with Gasteiger partial charge in [-0.15, -0.1) is 0 Å². The topological polar surface area (TPSA) is 45.4 Å². The zero-order valence-corrected chi connectivity index (χ0v) is 16.7. The molecule has 3 heterocycles. The van der Waals surface area contributed by atoms with E-state index in [9.17, 15) is 4.39 Å². The lowest BCUT2D eigenvalue weighted by Crippen LogP contribution is -2.45. The summed E-state index contributed by atoms with van der Waals surface area (Å²) in [5, 5.41) is 0.652. The van der Waals surface area contributed by atoms with Gasteiger partial charge in [0.1, 0.15) is 5.82 Å². The van der Waals surface area contributed by atoms with Crippen LogP contribution in [0.5, 0.6) is 0 Å². The third kappa shape index (κ3) is 3.47. The average molecular weight is 397 g/mol. The molecule has 0 amide bonds. The van der Waals surface area contributed by atoms with Crippen molar-refractivity contribution in [3.63, 3.8) is 0 Å². The highest BCUT2D eigenvalue weighted by Crippen LogP contribution is 2.37. The Labute approximate surface area is 168 Å². The van der Waals surface area contributed by atoms with Crippen LogP contribution in [0.2, 0.25) is 0 Å². The molecule has 0 atom stereocenters. The first-order chi connectivity index (χ1) is 13.7. The molecule has 146 valence electrons. The number of fused-ring (bicyclic) bond motifs is 2. The van der Waals surface area contributed by atoms with Gasteiger partial charge in [-0.3, -0.25) is 0 Å². The summed E-state index contributed by atoms with van der Waals surface area (Å²) in [6, 6.07) is 12.0. The standard InChI is InChI=1S/C22H25FN4S/c23-17-3-1-15(2-4-17)5-9-26-10-7-18(8-11-26)27-12-6-16-13-21-19(14-20(16)27)25-22(24)28-21/h1-4,13-14,18H,5-12H2,(H2,24,25). The van der Waals surface area contributed by atoms with E-state index in [4.69, 9.17) is 5.73 Å². The maximum atomic E-state index is 13.0. The van der Waals surface area contributed by atoms with Crippen molar-refractivity contribution < 1.29 is 4.39 Å². The minimum absolute atomic E-state index is 0.159. The van der Waals surface area contributed by atoms with Gasteiger partial charge in [0.25, 0.3) is 0 Å². The Morgan fingerprint density at radius 3 is 2.68 bits per heavy atom. The average Bonchev–Trinajstić information content (AvgIpc) is 3.27. The van der Waals surface area contributed by atoms with Gasteiger partial charge >= 0.3 is 0 Å². The Bertz CT molecular complexity index is 976. The van der Waals surface area contributed by atoms with Crippen molar-refractivity contribution in [1.29, 1.82) is 0 Å². The summed E-state index contributed by atoms with van der Waals surface area (Å²) in [6.07, 6.45) is 4.49. The number of aromatic nitrogens is 1. The summed E-state index contributed by atoms with van der Waals surface area (Å²) in [5.74, 6) is -0.159. The SMILES string of the molecule is Nc1nc2cc3c(cc2s1)CCN3C1CCN(CCc2ccc(F)cc2)CC1. The third-order valence-corrected chi connectivity index (χ3v) is 7.01. The van der Waals surface area contributed by atoms with Gasteiger partial charge in [-0.2, -0.15) is 0 Å². The van der Waals surface area contributed by atoms with Gasteiger partial charge in [0.15, 0.2) is 5.13 Å². The van der Waals surface area contributed by atoms with Crippen molar-refractivity contribution in [2.24, 2.45) is 0 Å². The zero-order valence-electron chi connectivity index (χ0n) is 15.9. The van der Waals surface area contributed by atoms with Crippen molar-refractivity contribution in [1.82, 2.24) is 9.88 Å². The minimum Gasteiger partial charge on any atom is -0.375 e. The third-order valence-electron chi connectivity index (χ3n) is 6.16. The molecular weight excluding hydrogens is 371 g/mol. The number of piperidine rings is 1. The normalized spacial score (nSPS) is 18.1. The molecule has 0 saturated carbocycles. The van der Waals surface area contributed by atoms with Crippen molar-refractivity contribution >= 4 is 32.4 Å². The minimum atomic E-state index is -0.159. The van der Waals surface area contributed by atoms with Crippen LogP contribution in [0, 0.1) is 5.82 Å². The number of likely N-dealkylation sites (tertiary alicyclic amines) is 1. The van der Waals surface area contributed by atoms with E-state index in [0.717, 1.165) is 44.5 Å². The molecule has 1 saturated heterocycles. The number of rotatable bonds is 4. The van der Waals surface area contributed by atoms with Crippen LogP contribution in [0.15, 0.2) is 36.4 Å². The molecule has 4 nitrogen and oxygen atoms in total. The van der Waals surface area contributed by atoms with E-state index in [2.05, 4.69) is 26.9 Å². The highest BCUT2D eigenvalue weighted by molar-refractivity contribution is 7.22. The predicted molar refractivity (Wildman–Crippen MR) is 115 cm³/mol. The van der Waals surface area contributed by atoms with Crippen LogP contribution in [-0.4, -0.2) is 42.1 Å². The molecule has 0 aliphatic carbocycles. The molecule has 1 aromatic heterocycles. The monoisotopic (exact) mass is 396 g/mol. The molecule has 6 heteroatoms. The van der Waals surface area contributed by atoms with E-state index >= 15 is 0 Å². The summed E-state index contributed by atoms with van der Waals surface area (Å²) in [5.41, 5.74) is 10.9. The van der Waals surface area contributed by atoms with Gasteiger partial charge in [-0.1, -0.05) is 23.5 Å². The van der Waals surface area contributed by atoms with Crippen LogP contribution < -0.4 is 10.6 Å². The Kier molecular flexibility index (Phi) is 4.69. The van der Waals surface area contributed by atoms with Crippen LogP contribution in [0.3, 0.4) is 0 Å². The molecule has 1 fully saturated rings. The molecule has 0 bridgehead atoms. The summed E-state index contributed by atoms with van der Waals surface area (Å²) in [7, 11) is 0. The summed E-state index contributed by atoms with van der Waals surface area (Å²) in [4.78, 5) is 9.62. The maximum absolute atomic E-state index is 13.0. The lowest BCUT2D eigenvalue weighted by atomic mass is 10.0. The van der Waals surface area contributed by atoms with Crippen LogP contribution in [-0.2, 0) is 12.8 Å². The second kappa shape index (κ2) is 7.33. The summed E-state index contributed by atoms with van der Waals surface area (Å²) < 4.78 is 14.2. The highest BCUT2D eigenvalue weighted by atomic mass is 32.1. The van der Waals surface area contributed by atoms with Crippen molar-refractivity contribution in [2.75, 3.05) is 36.8 Å². The fourth-order valence-electron chi connectivity index (χ4n) is 4.62. The summed E-state index contributed by atoms with van der Waals surface area (Å²) in [6.45, 7) is 4.42. The number of nitrogens with two attached hydrogens (primary N) is 1. The van der Waals surface area contributed by atoms with Crippen molar-refractivity contribution in [3.8, 4) is 0 Å². The molecule has 28 heavy (non-hydrogen) atoms. The molecule has 5 rings (SSSR count). The van der Waals surface area contributed by atoms with Gasteiger partial charge in [-0.25, -0.2) is 9.37 Å². The van der Waals surface area contributed by atoms with Crippen LogP contribution in [0.4, 0.5) is 15.2 Å². The Balaban J connectivity index is 1.21. The van der Waals surface area contributed by atoms with Gasteiger partial charge < -0.3 is 15.5 Å². The molecule has 3 aromatic rings. The number of nitrogens with zero attached hydrogens (tertiary/aromatic N) is 3. The lowest BCUT2D eigenvalue weighted by Gasteiger charge is -2.38. The van der Waals surface area contributed by atoms with Crippen molar-refractivity contribution in [2.45, 2.75) is 31.7 Å². The largest absolute Gasteiger partial charge is 0.375 e. The van der Waals surface area contributed by atoms with Gasteiger partial charge in [-0.05, 0) is 61.1 Å². The molecular formula is C22H25FN4S. The van der Waals surface area contributed by atoms with Gasteiger partial charge in [0, 0.05) is 37.9 Å².